The number of halogens is 4. The molecule has 1 atom stereocenters. The van der Waals surface area contributed by atoms with Gasteiger partial charge in [0, 0.05) is 30.9 Å². The van der Waals surface area contributed by atoms with Crippen molar-refractivity contribution in [2.45, 2.75) is 23.8 Å². The average Bonchev–Trinajstić information content (AvgIpc) is 2.58. The summed E-state index contributed by atoms with van der Waals surface area (Å²) in [7, 11) is -4.35. The highest BCUT2D eigenvalue weighted by Gasteiger charge is 2.34. The van der Waals surface area contributed by atoms with Gasteiger partial charge in [0.2, 0.25) is 10.0 Å². The van der Waals surface area contributed by atoms with Crippen molar-refractivity contribution in [2.75, 3.05) is 18.4 Å². The molecule has 0 unspecified atom stereocenters. The number of hydrogen-bond donors (Lipinski definition) is 1. The fourth-order valence-electron chi connectivity index (χ4n) is 2.96. The van der Waals surface area contributed by atoms with Crippen molar-refractivity contribution in [2.24, 2.45) is 0 Å². The van der Waals surface area contributed by atoms with Crippen LogP contribution >= 0.6 is 0 Å². The van der Waals surface area contributed by atoms with Crippen molar-refractivity contribution >= 4 is 15.7 Å². The van der Waals surface area contributed by atoms with E-state index < -0.39 is 44.2 Å². The second-order valence-electron chi connectivity index (χ2n) is 6.03. The van der Waals surface area contributed by atoms with E-state index in [4.69, 9.17) is 0 Å². The lowest BCUT2D eigenvalue weighted by molar-refractivity contribution is 0.324. The first-order valence-electron chi connectivity index (χ1n) is 7.95. The smallest absolute Gasteiger partial charge is 0.248 e. The number of nitrogens with zero attached hydrogens (tertiary/aromatic N) is 1. The van der Waals surface area contributed by atoms with Gasteiger partial charge in [0.05, 0.1) is 0 Å². The molecule has 0 radical (unpaired) electrons. The molecule has 1 aliphatic heterocycles. The van der Waals surface area contributed by atoms with Gasteiger partial charge >= 0.3 is 0 Å². The van der Waals surface area contributed by atoms with Gasteiger partial charge in [0.1, 0.15) is 11.6 Å². The zero-order chi connectivity index (χ0) is 18.9. The van der Waals surface area contributed by atoms with Crippen LogP contribution < -0.4 is 5.32 Å². The van der Waals surface area contributed by atoms with Gasteiger partial charge < -0.3 is 5.32 Å². The SMILES string of the molecule is O=S(=O)(c1c(F)cccc1F)N1CCC[C@@H](Nc2ccc(F)c(F)c2)C1. The molecule has 0 bridgehead atoms. The molecular formula is C17H16F4N2O2S. The number of hydrogen-bond acceptors (Lipinski definition) is 3. The van der Waals surface area contributed by atoms with Crippen LogP contribution in [-0.4, -0.2) is 31.9 Å². The van der Waals surface area contributed by atoms with Crippen molar-refractivity contribution in [1.82, 2.24) is 4.31 Å². The molecule has 1 N–H and O–H groups in total. The fourth-order valence-corrected chi connectivity index (χ4v) is 4.59. The Morgan fingerprint density at radius 1 is 0.962 bits per heavy atom. The maximum Gasteiger partial charge on any atom is 0.248 e. The molecule has 0 aromatic heterocycles. The molecular weight excluding hydrogens is 372 g/mol. The Balaban J connectivity index is 1.80. The zero-order valence-electron chi connectivity index (χ0n) is 13.6. The summed E-state index contributed by atoms with van der Waals surface area (Å²) in [5.74, 6) is -4.32. The van der Waals surface area contributed by atoms with Gasteiger partial charge in [0.15, 0.2) is 16.5 Å². The van der Waals surface area contributed by atoms with Crippen molar-refractivity contribution < 1.29 is 26.0 Å². The Hall–Kier alpha value is -2.13. The third-order valence-corrected chi connectivity index (χ3v) is 6.11. The molecule has 0 amide bonds. The zero-order valence-corrected chi connectivity index (χ0v) is 14.4. The van der Waals surface area contributed by atoms with Crippen molar-refractivity contribution in [3.8, 4) is 0 Å². The Morgan fingerprint density at radius 2 is 1.65 bits per heavy atom. The Labute approximate surface area is 148 Å². The molecule has 3 rings (SSSR count). The maximum absolute atomic E-state index is 13.9. The van der Waals surface area contributed by atoms with Crippen LogP contribution in [0, 0.1) is 23.3 Å². The van der Waals surface area contributed by atoms with Crippen molar-refractivity contribution in [3.63, 3.8) is 0 Å². The molecule has 0 aliphatic carbocycles. The van der Waals surface area contributed by atoms with Crippen LogP contribution in [0.25, 0.3) is 0 Å². The quantitative estimate of drug-likeness (QED) is 0.816. The molecule has 2 aromatic carbocycles. The molecule has 9 heteroatoms. The fraction of sp³-hybridized carbons (Fsp3) is 0.294. The summed E-state index contributed by atoms with van der Waals surface area (Å²) in [6.07, 6.45) is 1.03. The van der Waals surface area contributed by atoms with Gasteiger partial charge in [-0.1, -0.05) is 6.07 Å². The lowest BCUT2D eigenvalue weighted by atomic mass is 10.1. The van der Waals surface area contributed by atoms with Crippen LogP contribution in [0.5, 0.6) is 0 Å². The molecule has 1 saturated heterocycles. The maximum atomic E-state index is 13.9. The molecule has 1 aliphatic rings. The van der Waals surface area contributed by atoms with Gasteiger partial charge in [-0.3, -0.25) is 0 Å². The number of sulfonamides is 1. The van der Waals surface area contributed by atoms with Crippen LogP contribution in [0.2, 0.25) is 0 Å². The van der Waals surface area contributed by atoms with E-state index in [1.165, 1.54) is 6.07 Å². The molecule has 2 aromatic rings. The minimum Gasteiger partial charge on any atom is -0.381 e. The number of nitrogens with one attached hydrogen (secondary N) is 1. The lowest BCUT2D eigenvalue weighted by Gasteiger charge is -2.33. The van der Waals surface area contributed by atoms with Crippen molar-refractivity contribution in [3.05, 3.63) is 59.7 Å². The average molecular weight is 388 g/mol. The third kappa shape index (κ3) is 3.68. The van der Waals surface area contributed by atoms with E-state index in [-0.39, 0.29) is 13.1 Å². The topological polar surface area (TPSA) is 49.4 Å². The number of piperidine rings is 1. The summed E-state index contributed by atoms with van der Waals surface area (Å²) in [6, 6.07) is 5.73. The van der Waals surface area contributed by atoms with Crippen LogP contribution in [0.1, 0.15) is 12.8 Å². The lowest BCUT2D eigenvalue weighted by Crippen LogP contribution is -2.45. The van der Waals surface area contributed by atoms with E-state index in [0.29, 0.717) is 18.5 Å². The van der Waals surface area contributed by atoms with Crippen molar-refractivity contribution in [1.29, 1.82) is 0 Å². The normalized spacial score (nSPS) is 18.7. The second-order valence-corrected chi connectivity index (χ2v) is 7.90. The predicted molar refractivity (Wildman–Crippen MR) is 88.1 cm³/mol. The minimum atomic E-state index is -4.35. The van der Waals surface area contributed by atoms with E-state index in [1.807, 2.05) is 0 Å². The van der Waals surface area contributed by atoms with E-state index in [9.17, 15) is 26.0 Å². The first-order valence-corrected chi connectivity index (χ1v) is 9.39. The monoisotopic (exact) mass is 388 g/mol. The minimum absolute atomic E-state index is 0.0465. The van der Waals surface area contributed by atoms with Crippen LogP contribution in [0.15, 0.2) is 41.3 Å². The standard InChI is InChI=1S/C17H16F4N2O2S/c18-13-7-6-11(9-16(13)21)22-12-3-2-8-23(10-12)26(24,25)17-14(19)4-1-5-15(17)20/h1,4-7,9,12,22H,2-3,8,10H2/t12-/m1/s1. The van der Waals surface area contributed by atoms with E-state index >= 15 is 0 Å². The third-order valence-electron chi connectivity index (χ3n) is 4.19. The van der Waals surface area contributed by atoms with Gasteiger partial charge in [-0.2, -0.15) is 4.31 Å². The molecule has 1 heterocycles. The summed E-state index contributed by atoms with van der Waals surface area (Å²) in [4.78, 5) is -0.978. The highest BCUT2D eigenvalue weighted by atomic mass is 32.2. The predicted octanol–water partition coefficient (Wildman–Crippen LogP) is 3.51. The summed E-state index contributed by atoms with van der Waals surface area (Å²) in [5, 5.41) is 2.93. The number of rotatable bonds is 4. The van der Waals surface area contributed by atoms with Crippen LogP contribution in [0.3, 0.4) is 0 Å². The highest BCUT2D eigenvalue weighted by Crippen LogP contribution is 2.26. The van der Waals surface area contributed by atoms with Gasteiger partial charge in [-0.05, 0) is 37.1 Å². The van der Waals surface area contributed by atoms with E-state index in [0.717, 1.165) is 34.6 Å². The first kappa shape index (κ1) is 18.7. The Kier molecular flexibility index (Phi) is 5.19. The second kappa shape index (κ2) is 7.24. The molecule has 4 nitrogen and oxygen atoms in total. The molecule has 0 spiro atoms. The molecule has 0 saturated carbocycles. The molecule has 140 valence electrons. The van der Waals surface area contributed by atoms with Crippen LogP contribution in [-0.2, 0) is 10.0 Å². The summed E-state index contributed by atoms with van der Waals surface area (Å²) in [6.45, 7) is 0.0706. The van der Waals surface area contributed by atoms with Gasteiger partial charge in [-0.15, -0.1) is 0 Å². The summed E-state index contributed by atoms with van der Waals surface area (Å²) in [5.41, 5.74) is 0.297. The molecule has 26 heavy (non-hydrogen) atoms. The number of benzene rings is 2. The summed E-state index contributed by atoms with van der Waals surface area (Å²) >= 11 is 0. The van der Waals surface area contributed by atoms with Crippen LogP contribution in [0.4, 0.5) is 23.2 Å². The van der Waals surface area contributed by atoms with E-state index in [2.05, 4.69) is 5.32 Å². The van der Waals surface area contributed by atoms with E-state index in [1.54, 1.807) is 0 Å². The number of anilines is 1. The highest BCUT2D eigenvalue weighted by molar-refractivity contribution is 7.89. The first-order chi connectivity index (χ1) is 12.3. The molecule has 1 fully saturated rings. The van der Waals surface area contributed by atoms with Gasteiger partial charge in [0.25, 0.3) is 0 Å². The Morgan fingerprint density at radius 3 is 2.31 bits per heavy atom. The van der Waals surface area contributed by atoms with Gasteiger partial charge in [-0.25, -0.2) is 26.0 Å². The Bertz CT molecular complexity index is 901. The summed E-state index contributed by atoms with van der Waals surface area (Å²) < 4.78 is 80.3. The largest absolute Gasteiger partial charge is 0.381 e.